The molecule has 1 atom stereocenters. The lowest BCUT2D eigenvalue weighted by Crippen LogP contribution is -2.16. The molecular weight excluding hydrogens is 126 g/mol. The highest BCUT2D eigenvalue weighted by Crippen LogP contribution is 2.21. The van der Waals surface area contributed by atoms with Gasteiger partial charge in [0, 0.05) is 12.8 Å². The Balaban J connectivity index is 2.38. The molecule has 56 valence electrons. The summed E-state index contributed by atoms with van der Waals surface area (Å²) >= 11 is 0. The molecule has 2 nitrogen and oxygen atoms in total. The lowest BCUT2D eigenvalue weighted by atomic mass is 9.98. The van der Waals surface area contributed by atoms with Crippen LogP contribution in [0.5, 0.6) is 0 Å². The largest absolute Gasteiger partial charge is 0.396 e. The Kier molecular flexibility index (Phi) is 2.22. The topological polar surface area (TPSA) is 32.6 Å². The first-order valence-corrected chi connectivity index (χ1v) is 3.61. The van der Waals surface area contributed by atoms with Gasteiger partial charge in [0.25, 0.3) is 0 Å². The minimum atomic E-state index is -0.0251. The van der Waals surface area contributed by atoms with E-state index in [0.717, 1.165) is 12.8 Å². The third-order valence-corrected chi connectivity index (χ3v) is 1.75. The quantitative estimate of drug-likeness (QED) is 0.625. The zero-order valence-electron chi connectivity index (χ0n) is 6.25. The van der Waals surface area contributed by atoms with Gasteiger partial charge in [-0.3, -0.25) is 4.99 Å². The van der Waals surface area contributed by atoms with Crippen molar-refractivity contribution in [2.45, 2.75) is 25.3 Å². The normalized spacial score (nSPS) is 29.8. The molecule has 0 amide bonds. The number of aliphatic imine (C=N–C) groups is 1. The molecule has 0 fully saturated rings. The molecule has 0 saturated heterocycles. The monoisotopic (exact) mass is 139 g/mol. The molecule has 1 N–H and O–H groups in total. The van der Waals surface area contributed by atoms with E-state index in [1.165, 1.54) is 0 Å². The molecule has 1 rings (SSSR count). The molecule has 10 heavy (non-hydrogen) atoms. The minimum Gasteiger partial charge on any atom is -0.396 e. The predicted molar refractivity (Wildman–Crippen MR) is 42.4 cm³/mol. The van der Waals surface area contributed by atoms with Crippen LogP contribution in [0.3, 0.4) is 0 Å². The predicted octanol–water partition coefficient (Wildman–Crippen LogP) is 1.16. The van der Waals surface area contributed by atoms with Crippen LogP contribution in [0.4, 0.5) is 0 Å². The maximum absolute atomic E-state index is 8.57. The Morgan fingerprint density at radius 1 is 1.60 bits per heavy atom. The van der Waals surface area contributed by atoms with Crippen molar-refractivity contribution in [3.05, 3.63) is 12.2 Å². The summed E-state index contributed by atoms with van der Waals surface area (Å²) < 4.78 is 0. The summed E-state index contributed by atoms with van der Waals surface area (Å²) in [6.07, 6.45) is 7.62. The van der Waals surface area contributed by atoms with Crippen molar-refractivity contribution in [2.24, 2.45) is 4.99 Å². The molecule has 0 aromatic rings. The number of rotatable bonds is 3. The first kappa shape index (κ1) is 7.48. The number of hydrogen-bond acceptors (Lipinski definition) is 2. The number of nitrogens with zero attached hydrogens (tertiary/aromatic N) is 1. The summed E-state index contributed by atoms with van der Waals surface area (Å²) in [5.74, 6) is 0. The summed E-state index contributed by atoms with van der Waals surface area (Å²) in [5.41, 5.74) is -0.0251. The number of aliphatic hydroxyl groups excluding tert-OH is 1. The molecule has 0 aromatic heterocycles. The first-order valence-electron chi connectivity index (χ1n) is 3.61. The van der Waals surface area contributed by atoms with Crippen LogP contribution in [0.15, 0.2) is 17.1 Å². The summed E-state index contributed by atoms with van der Waals surface area (Å²) in [7, 11) is 0. The van der Waals surface area contributed by atoms with Crippen molar-refractivity contribution in [2.75, 3.05) is 6.61 Å². The second-order valence-electron chi connectivity index (χ2n) is 2.82. The molecule has 0 radical (unpaired) electrons. The number of allylic oxidation sites excluding steroid dienone is 1. The van der Waals surface area contributed by atoms with E-state index in [1.54, 1.807) is 0 Å². The zero-order valence-corrected chi connectivity index (χ0v) is 6.25. The highest BCUT2D eigenvalue weighted by Gasteiger charge is 2.19. The van der Waals surface area contributed by atoms with Crippen molar-refractivity contribution in [3.8, 4) is 0 Å². The van der Waals surface area contributed by atoms with Gasteiger partial charge in [-0.25, -0.2) is 0 Å². The Morgan fingerprint density at radius 3 is 2.90 bits per heavy atom. The highest BCUT2D eigenvalue weighted by atomic mass is 16.2. The van der Waals surface area contributed by atoms with Crippen LogP contribution >= 0.6 is 0 Å². The Bertz CT molecular complexity index is 149. The summed E-state index contributed by atoms with van der Waals surface area (Å²) in [6, 6.07) is 0. The van der Waals surface area contributed by atoms with Gasteiger partial charge in [-0.15, -0.1) is 0 Å². The van der Waals surface area contributed by atoms with Crippen LogP contribution < -0.4 is 0 Å². The van der Waals surface area contributed by atoms with Crippen LogP contribution in [-0.4, -0.2) is 23.5 Å². The molecule has 0 bridgehead atoms. The van der Waals surface area contributed by atoms with Gasteiger partial charge in [-0.2, -0.15) is 0 Å². The van der Waals surface area contributed by atoms with Crippen LogP contribution in [-0.2, 0) is 0 Å². The van der Waals surface area contributed by atoms with Crippen molar-refractivity contribution in [1.29, 1.82) is 0 Å². The van der Waals surface area contributed by atoms with Gasteiger partial charge in [0.2, 0.25) is 0 Å². The third kappa shape index (κ3) is 1.67. The maximum atomic E-state index is 8.57. The van der Waals surface area contributed by atoms with E-state index in [2.05, 4.69) is 18.0 Å². The average molecular weight is 139 g/mol. The molecule has 2 heteroatoms. The molecule has 0 aliphatic carbocycles. The minimum absolute atomic E-state index is 0.0251. The van der Waals surface area contributed by atoms with Gasteiger partial charge >= 0.3 is 0 Å². The van der Waals surface area contributed by atoms with E-state index in [9.17, 15) is 0 Å². The Labute approximate surface area is 61.3 Å². The van der Waals surface area contributed by atoms with Crippen LogP contribution in [0, 0.1) is 0 Å². The Hall–Kier alpha value is -0.630. The molecular formula is C8H13NO. The molecule has 1 aliphatic rings. The van der Waals surface area contributed by atoms with Crippen LogP contribution in [0.2, 0.25) is 0 Å². The van der Waals surface area contributed by atoms with Gasteiger partial charge in [-0.05, 0) is 25.8 Å². The maximum Gasteiger partial charge on any atom is 0.0764 e. The van der Waals surface area contributed by atoms with Crippen molar-refractivity contribution < 1.29 is 5.11 Å². The van der Waals surface area contributed by atoms with Gasteiger partial charge < -0.3 is 5.11 Å². The number of aliphatic hydroxyl groups is 1. The third-order valence-electron chi connectivity index (χ3n) is 1.75. The van der Waals surface area contributed by atoms with Crippen molar-refractivity contribution >= 4 is 6.21 Å². The summed E-state index contributed by atoms with van der Waals surface area (Å²) in [5, 5.41) is 8.57. The molecule has 0 spiro atoms. The van der Waals surface area contributed by atoms with E-state index in [4.69, 9.17) is 5.11 Å². The molecule has 0 aromatic carbocycles. The second-order valence-corrected chi connectivity index (χ2v) is 2.82. The highest BCUT2D eigenvalue weighted by molar-refractivity contribution is 5.75. The van der Waals surface area contributed by atoms with Crippen molar-refractivity contribution in [1.82, 2.24) is 0 Å². The SMILES string of the molecule is CC1(CCCO)C=CC=N1. The van der Waals surface area contributed by atoms with Crippen molar-refractivity contribution in [3.63, 3.8) is 0 Å². The smallest absolute Gasteiger partial charge is 0.0764 e. The van der Waals surface area contributed by atoms with Crippen LogP contribution in [0.25, 0.3) is 0 Å². The fraction of sp³-hybridized carbons (Fsp3) is 0.625. The lowest BCUT2D eigenvalue weighted by Gasteiger charge is -2.16. The van der Waals surface area contributed by atoms with E-state index in [0.29, 0.717) is 0 Å². The van der Waals surface area contributed by atoms with E-state index in [-0.39, 0.29) is 12.1 Å². The molecule has 1 unspecified atom stereocenters. The summed E-state index contributed by atoms with van der Waals surface area (Å²) in [6.45, 7) is 2.33. The fourth-order valence-corrected chi connectivity index (χ4v) is 1.09. The molecule has 1 aliphatic heterocycles. The average Bonchev–Trinajstić information content (AvgIpc) is 2.33. The van der Waals surface area contributed by atoms with E-state index >= 15 is 0 Å². The Morgan fingerprint density at radius 2 is 2.40 bits per heavy atom. The van der Waals surface area contributed by atoms with Gasteiger partial charge in [-0.1, -0.05) is 6.08 Å². The second kappa shape index (κ2) is 2.97. The van der Waals surface area contributed by atoms with E-state index in [1.807, 2.05) is 12.3 Å². The first-order chi connectivity index (χ1) is 4.77. The molecule has 1 heterocycles. The standard InChI is InChI=1S/C8H13NO/c1-8(5-3-7-10)4-2-6-9-8/h2,4,6,10H,3,5,7H2,1H3. The zero-order chi connectivity index (χ0) is 7.45. The number of hydrogen-bond donors (Lipinski definition) is 1. The van der Waals surface area contributed by atoms with Crippen LogP contribution in [0.1, 0.15) is 19.8 Å². The fourth-order valence-electron chi connectivity index (χ4n) is 1.09. The van der Waals surface area contributed by atoms with Gasteiger partial charge in [0.15, 0.2) is 0 Å². The van der Waals surface area contributed by atoms with E-state index < -0.39 is 0 Å². The molecule has 0 saturated carbocycles. The van der Waals surface area contributed by atoms with Gasteiger partial charge in [0.1, 0.15) is 0 Å². The summed E-state index contributed by atoms with van der Waals surface area (Å²) in [4.78, 5) is 4.26. The lowest BCUT2D eigenvalue weighted by molar-refractivity contribution is 0.274. The van der Waals surface area contributed by atoms with Gasteiger partial charge in [0.05, 0.1) is 5.54 Å².